The molecule has 0 atom stereocenters. The Kier molecular flexibility index (Phi) is 12.7. The number of rotatable bonds is 2. The van der Waals surface area contributed by atoms with E-state index in [0.717, 1.165) is 11.3 Å². The second-order valence-corrected chi connectivity index (χ2v) is 12.5. The Morgan fingerprint density at radius 1 is 0.550 bits per heavy atom. The third-order valence-corrected chi connectivity index (χ3v) is 6.34. The first-order chi connectivity index (χ1) is 18.5. The van der Waals surface area contributed by atoms with E-state index in [-0.39, 0.29) is 31.7 Å². The van der Waals surface area contributed by atoms with Crippen LogP contribution in [0.3, 0.4) is 0 Å². The quantitative estimate of drug-likeness (QED) is 0.132. The summed E-state index contributed by atoms with van der Waals surface area (Å²) >= 11 is 27.9. The summed E-state index contributed by atoms with van der Waals surface area (Å²) in [6.07, 6.45) is 0. The van der Waals surface area contributed by atoms with Gasteiger partial charge in [0.1, 0.15) is 15.5 Å². The van der Waals surface area contributed by atoms with Gasteiger partial charge in [0.05, 0.1) is 5.69 Å². The summed E-state index contributed by atoms with van der Waals surface area (Å²) in [5.74, 6) is 0. The molecule has 12 heteroatoms. The lowest BCUT2D eigenvalue weighted by atomic mass is 9.78. The molecule has 4 rings (SSSR count). The van der Waals surface area contributed by atoms with Crippen molar-refractivity contribution in [3.63, 3.8) is 0 Å². The van der Waals surface area contributed by atoms with Gasteiger partial charge in [-0.25, -0.2) is 19.9 Å². The molecule has 0 fully saturated rings. The van der Waals surface area contributed by atoms with Crippen molar-refractivity contribution in [1.29, 1.82) is 0 Å². The van der Waals surface area contributed by atoms with Gasteiger partial charge >= 0.3 is 7.12 Å². The number of halogens is 5. The summed E-state index contributed by atoms with van der Waals surface area (Å²) in [7, 11) is -1.37. The van der Waals surface area contributed by atoms with Gasteiger partial charge in [0.2, 0.25) is 10.6 Å². The van der Waals surface area contributed by atoms with E-state index in [9.17, 15) is 0 Å². The van der Waals surface area contributed by atoms with Crippen LogP contribution in [0.2, 0.25) is 26.0 Å². The van der Waals surface area contributed by atoms with Crippen molar-refractivity contribution < 1.29 is 10.0 Å². The van der Waals surface area contributed by atoms with Crippen LogP contribution in [0.4, 0.5) is 0 Å². The summed E-state index contributed by atoms with van der Waals surface area (Å²) in [4.78, 5) is 15.1. The zero-order valence-electron chi connectivity index (χ0n) is 22.9. The van der Waals surface area contributed by atoms with Crippen molar-refractivity contribution >= 4 is 70.6 Å². The third kappa shape index (κ3) is 11.5. The third-order valence-electron chi connectivity index (χ3n) is 5.43. The average Bonchev–Trinajstić information content (AvgIpc) is 2.82. The zero-order valence-corrected chi connectivity index (χ0v) is 26.7. The predicted molar refractivity (Wildman–Crippen MR) is 168 cm³/mol. The fraction of sp³-hybridized carbons (Fsp3) is 0.286. The van der Waals surface area contributed by atoms with Crippen molar-refractivity contribution in [2.45, 2.75) is 52.4 Å². The molecule has 0 aliphatic heterocycles. The Morgan fingerprint density at radius 2 is 0.925 bits per heavy atom. The van der Waals surface area contributed by atoms with Gasteiger partial charge in [-0.3, -0.25) is 0 Å². The van der Waals surface area contributed by atoms with E-state index in [1.165, 1.54) is 17.2 Å². The van der Waals surface area contributed by atoms with Gasteiger partial charge in [-0.05, 0) is 50.6 Å². The number of nitrogens with zero attached hydrogens (tertiary/aromatic N) is 4. The Hall–Kier alpha value is -1.97. The summed E-state index contributed by atoms with van der Waals surface area (Å²) in [6, 6.07) is 18.7. The molecule has 2 heterocycles. The first-order valence-corrected chi connectivity index (χ1v) is 14.0. The van der Waals surface area contributed by atoms with E-state index in [4.69, 9.17) is 68.1 Å². The Balaban J connectivity index is 0.000000224. The van der Waals surface area contributed by atoms with Gasteiger partial charge in [0, 0.05) is 17.7 Å². The molecule has 40 heavy (non-hydrogen) atoms. The molecule has 2 N–H and O–H groups in total. The highest BCUT2D eigenvalue weighted by Gasteiger charge is 2.16. The molecule has 0 saturated carbocycles. The zero-order chi connectivity index (χ0) is 30.3. The van der Waals surface area contributed by atoms with E-state index < -0.39 is 7.12 Å². The lowest BCUT2D eigenvalue weighted by Crippen LogP contribution is -2.29. The molecular formula is C28H30BCl5N4O2. The Bertz CT molecular complexity index is 1320. The highest BCUT2D eigenvalue weighted by atomic mass is 35.5. The van der Waals surface area contributed by atoms with E-state index >= 15 is 0 Å². The molecule has 2 aromatic carbocycles. The van der Waals surface area contributed by atoms with Gasteiger partial charge in [0.15, 0.2) is 0 Å². The highest BCUT2D eigenvalue weighted by molar-refractivity contribution is 6.58. The van der Waals surface area contributed by atoms with Crippen molar-refractivity contribution in [2.75, 3.05) is 0 Å². The molecule has 4 aromatic rings. The van der Waals surface area contributed by atoms with Crippen molar-refractivity contribution in [1.82, 2.24) is 19.9 Å². The molecule has 6 nitrogen and oxygen atoms in total. The second-order valence-electron chi connectivity index (χ2n) is 10.7. The topological polar surface area (TPSA) is 92.0 Å². The van der Waals surface area contributed by atoms with Crippen LogP contribution in [-0.4, -0.2) is 37.1 Å². The van der Waals surface area contributed by atoms with Crippen molar-refractivity contribution in [3.05, 3.63) is 97.8 Å². The van der Waals surface area contributed by atoms with Crippen LogP contribution >= 0.6 is 58.0 Å². The van der Waals surface area contributed by atoms with Gasteiger partial charge in [-0.2, -0.15) is 0 Å². The minimum absolute atomic E-state index is 0.0625. The number of hydrogen-bond acceptors (Lipinski definition) is 6. The molecule has 0 amide bonds. The van der Waals surface area contributed by atoms with E-state index in [1.807, 2.05) is 24.3 Å². The van der Waals surface area contributed by atoms with Gasteiger partial charge in [-0.1, -0.05) is 125 Å². The smallest absolute Gasteiger partial charge is 0.423 e. The van der Waals surface area contributed by atoms with Crippen LogP contribution in [0.15, 0.2) is 60.7 Å². The SMILES string of the molecule is CC(C)(C)c1ccc(-c2cc(Cl)nc(Cl)n2)cc1.CC(C)(C)c1ccc(B(O)O)cc1.Clc1cc(Cl)nc(Cl)n1. The molecule has 0 bridgehead atoms. The monoisotopic (exact) mass is 640 g/mol. The van der Waals surface area contributed by atoms with E-state index in [1.54, 1.807) is 18.2 Å². The van der Waals surface area contributed by atoms with Gasteiger partial charge in [-0.15, -0.1) is 0 Å². The van der Waals surface area contributed by atoms with E-state index in [2.05, 4.69) is 73.6 Å². The number of hydrogen-bond donors (Lipinski definition) is 2. The summed E-state index contributed by atoms with van der Waals surface area (Å²) in [5.41, 5.74) is 4.97. The maximum Gasteiger partial charge on any atom is 0.488 e. The summed E-state index contributed by atoms with van der Waals surface area (Å²) in [6.45, 7) is 12.9. The minimum atomic E-state index is -1.37. The first-order valence-electron chi connectivity index (χ1n) is 12.1. The Labute approximate surface area is 260 Å². The maximum atomic E-state index is 8.87. The minimum Gasteiger partial charge on any atom is -0.423 e. The maximum absolute atomic E-state index is 8.87. The van der Waals surface area contributed by atoms with Crippen LogP contribution < -0.4 is 5.46 Å². The fourth-order valence-corrected chi connectivity index (χ4v) is 4.30. The van der Waals surface area contributed by atoms with Gasteiger partial charge < -0.3 is 10.0 Å². The van der Waals surface area contributed by atoms with Crippen molar-refractivity contribution in [2.24, 2.45) is 0 Å². The summed E-state index contributed by atoms with van der Waals surface area (Å²) < 4.78 is 0. The van der Waals surface area contributed by atoms with Crippen LogP contribution in [-0.2, 0) is 10.8 Å². The lowest BCUT2D eigenvalue weighted by molar-refractivity contribution is 0.425. The predicted octanol–water partition coefficient (Wildman–Crippen LogP) is 7.85. The number of aromatic nitrogens is 4. The molecule has 0 saturated heterocycles. The molecule has 0 spiro atoms. The largest absolute Gasteiger partial charge is 0.488 e. The van der Waals surface area contributed by atoms with Crippen LogP contribution in [0.1, 0.15) is 52.7 Å². The van der Waals surface area contributed by atoms with Crippen LogP contribution in [0.5, 0.6) is 0 Å². The molecule has 0 unspecified atom stereocenters. The second kappa shape index (κ2) is 14.8. The normalized spacial score (nSPS) is 11.1. The highest BCUT2D eigenvalue weighted by Crippen LogP contribution is 2.27. The van der Waals surface area contributed by atoms with Crippen LogP contribution in [0.25, 0.3) is 11.3 Å². The molecule has 0 radical (unpaired) electrons. The molecular weight excluding hydrogens is 612 g/mol. The van der Waals surface area contributed by atoms with E-state index in [0.29, 0.717) is 10.6 Å². The summed E-state index contributed by atoms with van der Waals surface area (Å²) in [5, 5.41) is 18.8. The Morgan fingerprint density at radius 3 is 1.27 bits per heavy atom. The lowest BCUT2D eigenvalue weighted by Gasteiger charge is -2.19. The molecule has 0 aliphatic carbocycles. The van der Waals surface area contributed by atoms with Crippen LogP contribution in [0, 0.1) is 0 Å². The molecule has 0 aliphatic rings. The number of benzene rings is 2. The van der Waals surface area contributed by atoms with Gasteiger partial charge in [0.25, 0.3) is 0 Å². The average molecular weight is 643 g/mol. The van der Waals surface area contributed by atoms with Crippen molar-refractivity contribution in [3.8, 4) is 11.3 Å². The fourth-order valence-electron chi connectivity index (χ4n) is 3.20. The molecule has 212 valence electrons. The molecule has 2 aromatic heterocycles. The standard InChI is InChI=1S/C14H14Cl2N2.C10H15BO2.C4HCl3N2/c1-14(2,3)10-6-4-9(5-7-10)11-8-12(15)18-13(16)17-11;1-10(2,3)8-4-6-9(7-5-8)11(12)13;5-2-1-3(6)9-4(7)8-2/h4-8H,1-3H3;4-7,12-13H,1-3H3;1H. The first kappa shape index (κ1) is 34.2.